The predicted octanol–water partition coefficient (Wildman–Crippen LogP) is 7.04. The second-order valence-corrected chi connectivity index (χ2v) is 12.0. The molecule has 0 spiro atoms. The lowest BCUT2D eigenvalue weighted by Gasteiger charge is -2.23. The minimum absolute atomic E-state index is 0.165. The van der Waals surface area contributed by atoms with Crippen LogP contribution in [-0.4, -0.2) is 43.3 Å². The number of hydrogen-bond donors (Lipinski definition) is 1. The van der Waals surface area contributed by atoms with Crippen molar-refractivity contribution < 1.29 is 23.7 Å². The average Bonchev–Trinajstić information content (AvgIpc) is 3.77. The lowest BCUT2D eigenvalue weighted by atomic mass is 9.88. The number of carbonyl (C=O) groups excluding carboxylic acids is 1. The fraction of sp³-hybridized carbons (Fsp3) is 0.243. The molecule has 236 valence electrons. The molecule has 0 saturated carbocycles. The molecule has 0 fully saturated rings. The van der Waals surface area contributed by atoms with Gasteiger partial charge in [0, 0.05) is 42.6 Å². The van der Waals surface area contributed by atoms with Crippen molar-refractivity contribution in [3.05, 3.63) is 135 Å². The molecule has 1 N–H and O–H groups in total. The van der Waals surface area contributed by atoms with Crippen LogP contribution in [0.3, 0.4) is 0 Å². The molecule has 1 amide bonds. The largest absolute Gasteiger partial charge is 0.497 e. The van der Waals surface area contributed by atoms with Crippen molar-refractivity contribution >= 4 is 17.2 Å². The lowest BCUT2D eigenvalue weighted by molar-refractivity contribution is 0.0948. The predicted molar refractivity (Wildman–Crippen MR) is 179 cm³/mol. The van der Waals surface area contributed by atoms with Gasteiger partial charge in [-0.15, -0.1) is 11.3 Å². The molecule has 0 aliphatic carbocycles. The molecule has 6 rings (SSSR count). The van der Waals surface area contributed by atoms with Crippen molar-refractivity contribution in [3.63, 3.8) is 0 Å². The summed E-state index contributed by atoms with van der Waals surface area (Å²) < 4.78 is 22.2. The fourth-order valence-electron chi connectivity index (χ4n) is 5.68. The van der Waals surface area contributed by atoms with Crippen molar-refractivity contribution in [2.75, 3.05) is 27.6 Å². The number of amides is 1. The Morgan fingerprint density at radius 3 is 2.33 bits per heavy atom. The molecule has 0 saturated heterocycles. The Hall–Kier alpha value is -4.86. The number of aromatic nitrogens is 1. The molecule has 2 heterocycles. The third kappa shape index (κ3) is 7.67. The van der Waals surface area contributed by atoms with Gasteiger partial charge in [0.05, 0.1) is 20.8 Å². The van der Waals surface area contributed by atoms with Gasteiger partial charge in [-0.25, -0.2) is 4.98 Å². The Morgan fingerprint density at radius 2 is 1.61 bits per heavy atom. The molecule has 5 aromatic rings. The topological polar surface area (TPSA) is 82.2 Å². The molecule has 1 aromatic heterocycles. The molecular weight excluding hydrogens is 598 g/mol. The number of nitrogens with one attached hydrogen (secondary N) is 1. The van der Waals surface area contributed by atoms with E-state index >= 15 is 0 Å². The molecule has 1 aliphatic rings. The average molecular weight is 636 g/mol. The molecule has 0 unspecified atom stereocenters. The molecule has 0 atom stereocenters. The van der Waals surface area contributed by atoms with Crippen LogP contribution >= 0.6 is 11.3 Å². The number of fused-ring (bicyclic) bond motifs is 1. The number of ether oxygens (including phenoxy) is 4. The van der Waals surface area contributed by atoms with Gasteiger partial charge in [0.1, 0.15) is 22.2 Å². The van der Waals surface area contributed by atoms with Crippen LogP contribution in [0.25, 0.3) is 0 Å². The zero-order valence-electron chi connectivity index (χ0n) is 26.0. The van der Waals surface area contributed by atoms with E-state index in [2.05, 4.69) is 58.7 Å². The molecule has 0 bridgehead atoms. The molecule has 0 radical (unpaired) electrons. The highest BCUT2D eigenvalue weighted by molar-refractivity contribution is 7.09. The van der Waals surface area contributed by atoms with E-state index in [0.29, 0.717) is 31.9 Å². The first kappa shape index (κ1) is 31.1. The highest BCUT2D eigenvalue weighted by Gasteiger charge is 2.20. The maximum atomic E-state index is 13.2. The summed E-state index contributed by atoms with van der Waals surface area (Å²) in [6.07, 6.45) is 0.782. The monoisotopic (exact) mass is 635 g/mol. The fourth-order valence-corrected chi connectivity index (χ4v) is 6.50. The zero-order chi connectivity index (χ0) is 31.7. The number of rotatable bonds is 14. The highest BCUT2D eigenvalue weighted by atomic mass is 32.1. The Bertz CT molecular complexity index is 1710. The van der Waals surface area contributed by atoms with E-state index < -0.39 is 0 Å². The van der Waals surface area contributed by atoms with E-state index in [4.69, 9.17) is 23.9 Å². The van der Waals surface area contributed by atoms with Crippen LogP contribution in [0.2, 0.25) is 0 Å². The van der Waals surface area contributed by atoms with Gasteiger partial charge in [0.2, 0.25) is 6.79 Å². The number of methoxy groups -OCH3 is 2. The van der Waals surface area contributed by atoms with Gasteiger partial charge in [-0.05, 0) is 41.3 Å². The van der Waals surface area contributed by atoms with Crippen molar-refractivity contribution in [3.8, 4) is 23.0 Å². The normalized spacial score (nSPS) is 12.0. The van der Waals surface area contributed by atoms with Crippen LogP contribution in [-0.2, 0) is 19.6 Å². The number of carbonyl (C=O) groups is 1. The lowest BCUT2D eigenvalue weighted by Crippen LogP contribution is -2.26. The van der Waals surface area contributed by atoms with Crippen molar-refractivity contribution in [2.24, 2.45) is 0 Å². The molecule has 9 heteroatoms. The summed E-state index contributed by atoms with van der Waals surface area (Å²) in [5.74, 6) is 3.00. The molecule has 1 aliphatic heterocycles. The summed E-state index contributed by atoms with van der Waals surface area (Å²) in [6.45, 7) is 2.55. The Kier molecular flexibility index (Phi) is 10.1. The van der Waals surface area contributed by atoms with Crippen LogP contribution in [0.4, 0.5) is 0 Å². The van der Waals surface area contributed by atoms with E-state index in [1.807, 2.05) is 53.9 Å². The van der Waals surface area contributed by atoms with Crippen LogP contribution < -0.4 is 24.3 Å². The van der Waals surface area contributed by atoms with Gasteiger partial charge in [0.25, 0.3) is 5.91 Å². The second kappa shape index (κ2) is 14.9. The van der Waals surface area contributed by atoms with E-state index in [1.165, 1.54) is 22.5 Å². The third-order valence-corrected chi connectivity index (χ3v) is 8.83. The van der Waals surface area contributed by atoms with Gasteiger partial charge in [-0.2, -0.15) is 0 Å². The van der Waals surface area contributed by atoms with Crippen LogP contribution in [0, 0.1) is 0 Å². The van der Waals surface area contributed by atoms with Gasteiger partial charge in [-0.1, -0.05) is 72.8 Å². The SMILES string of the molecule is COc1ccc(CN(Cc2ccc3c(c2)OCO3)Cc2nc(C(=O)NCCC(c3ccccc3)c3ccccc3)cs2)c(OC)c1. The first-order chi connectivity index (χ1) is 22.6. The van der Waals surface area contributed by atoms with E-state index in [-0.39, 0.29) is 18.6 Å². The molecule has 4 aromatic carbocycles. The highest BCUT2D eigenvalue weighted by Crippen LogP contribution is 2.34. The van der Waals surface area contributed by atoms with Crippen LogP contribution in [0.5, 0.6) is 23.0 Å². The maximum Gasteiger partial charge on any atom is 0.270 e. The minimum Gasteiger partial charge on any atom is -0.497 e. The van der Waals surface area contributed by atoms with Crippen molar-refractivity contribution in [2.45, 2.75) is 32.0 Å². The summed E-state index contributed by atoms with van der Waals surface area (Å²) in [6, 6.07) is 32.7. The molecular formula is C37H37N3O5S. The molecule has 46 heavy (non-hydrogen) atoms. The minimum atomic E-state index is -0.165. The summed E-state index contributed by atoms with van der Waals surface area (Å²) in [4.78, 5) is 20.2. The van der Waals surface area contributed by atoms with Crippen LogP contribution in [0.1, 0.15) is 50.1 Å². The van der Waals surface area contributed by atoms with E-state index in [9.17, 15) is 4.79 Å². The van der Waals surface area contributed by atoms with E-state index in [1.54, 1.807) is 14.2 Å². The number of benzene rings is 4. The number of thiazole rings is 1. The Morgan fingerprint density at radius 1 is 0.870 bits per heavy atom. The zero-order valence-corrected chi connectivity index (χ0v) is 26.8. The third-order valence-electron chi connectivity index (χ3n) is 8.00. The maximum absolute atomic E-state index is 13.2. The van der Waals surface area contributed by atoms with Crippen molar-refractivity contribution in [1.29, 1.82) is 0 Å². The quantitative estimate of drug-likeness (QED) is 0.140. The van der Waals surface area contributed by atoms with Gasteiger partial charge < -0.3 is 24.3 Å². The number of hydrogen-bond acceptors (Lipinski definition) is 8. The Labute approximate surface area is 273 Å². The standard InChI is InChI=1S/C37H37N3O5S/c1-42-30-15-14-29(34(20-30)43-2)22-40(21-26-13-16-33-35(19-26)45-25-44-33)23-36-39-32(24-46-36)37(41)38-18-17-31(27-9-5-3-6-10-27)28-11-7-4-8-12-28/h3-16,19-20,24,31H,17-18,21-23,25H2,1-2H3,(H,38,41). The van der Waals surface area contributed by atoms with Crippen molar-refractivity contribution in [1.82, 2.24) is 15.2 Å². The summed E-state index contributed by atoms with van der Waals surface area (Å²) in [5.41, 5.74) is 4.99. The first-order valence-corrected chi connectivity index (χ1v) is 16.1. The van der Waals surface area contributed by atoms with E-state index in [0.717, 1.165) is 45.6 Å². The first-order valence-electron chi connectivity index (χ1n) is 15.2. The number of nitrogens with zero attached hydrogens (tertiary/aromatic N) is 2. The van der Waals surface area contributed by atoms with Gasteiger partial charge in [-0.3, -0.25) is 9.69 Å². The van der Waals surface area contributed by atoms with Gasteiger partial charge >= 0.3 is 0 Å². The smallest absolute Gasteiger partial charge is 0.270 e. The Balaban J connectivity index is 1.14. The molecule has 8 nitrogen and oxygen atoms in total. The van der Waals surface area contributed by atoms with Crippen LogP contribution in [0.15, 0.2) is 102 Å². The summed E-state index contributed by atoms with van der Waals surface area (Å²) in [7, 11) is 3.30. The van der Waals surface area contributed by atoms with Gasteiger partial charge in [0.15, 0.2) is 11.5 Å². The summed E-state index contributed by atoms with van der Waals surface area (Å²) >= 11 is 1.49. The second-order valence-electron chi connectivity index (χ2n) is 11.1. The summed E-state index contributed by atoms with van der Waals surface area (Å²) in [5, 5.41) is 5.79.